The van der Waals surface area contributed by atoms with Gasteiger partial charge in [-0.1, -0.05) is 13.0 Å². The van der Waals surface area contributed by atoms with Crippen LogP contribution < -0.4 is 16.3 Å². The summed E-state index contributed by atoms with van der Waals surface area (Å²) in [7, 11) is 0. The molecular weight excluding hydrogens is 350 g/mol. The molecule has 1 unspecified atom stereocenters. The van der Waals surface area contributed by atoms with E-state index < -0.39 is 0 Å². The number of rotatable bonds is 5. The predicted octanol–water partition coefficient (Wildman–Crippen LogP) is 2.70. The van der Waals surface area contributed by atoms with Crippen molar-refractivity contribution in [1.82, 2.24) is 19.7 Å². The summed E-state index contributed by atoms with van der Waals surface area (Å²) in [5.74, 6) is 0.820. The lowest BCUT2D eigenvalue weighted by atomic mass is 10.1. The Labute approximate surface area is 157 Å². The average Bonchev–Trinajstić information content (AvgIpc) is 2.79. The van der Waals surface area contributed by atoms with Crippen LogP contribution in [0.5, 0.6) is 0 Å². The SMILES string of the molecule is CCCn1nc2n(c1=O)CCC(NC(=O)Nc1cccc(SC)c1)CC2. The Morgan fingerprint density at radius 1 is 1.38 bits per heavy atom. The monoisotopic (exact) mass is 375 g/mol. The lowest BCUT2D eigenvalue weighted by Gasteiger charge is -2.16. The van der Waals surface area contributed by atoms with Gasteiger partial charge in [-0.2, -0.15) is 5.10 Å². The second-order valence-corrected chi connectivity index (χ2v) is 7.31. The van der Waals surface area contributed by atoms with Gasteiger partial charge in [0.15, 0.2) is 0 Å². The first kappa shape index (κ1) is 18.6. The van der Waals surface area contributed by atoms with Crippen molar-refractivity contribution in [3.05, 3.63) is 40.6 Å². The number of hydrogen-bond donors (Lipinski definition) is 2. The van der Waals surface area contributed by atoms with Gasteiger partial charge in [0.05, 0.1) is 0 Å². The molecule has 7 nitrogen and oxygen atoms in total. The Kier molecular flexibility index (Phi) is 6.03. The Morgan fingerprint density at radius 2 is 2.23 bits per heavy atom. The van der Waals surface area contributed by atoms with Crippen LogP contribution in [0.2, 0.25) is 0 Å². The number of anilines is 1. The van der Waals surface area contributed by atoms with Gasteiger partial charge in [-0.25, -0.2) is 14.3 Å². The molecule has 0 bridgehead atoms. The Bertz CT molecular complexity index is 829. The molecule has 1 aromatic heterocycles. The zero-order valence-corrected chi connectivity index (χ0v) is 16.0. The van der Waals surface area contributed by atoms with Crippen molar-refractivity contribution in [2.24, 2.45) is 0 Å². The molecule has 0 saturated carbocycles. The summed E-state index contributed by atoms with van der Waals surface area (Å²) in [4.78, 5) is 25.7. The van der Waals surface area contributed by atoms with Gasteiger partial charge < -0.3 is 10.6 Å². The Hall–Kier alpha value is -2.22. The summed E-state index contributed by atoms with van der Waals surface area (Å²) in [6, 6.07) is 7.57. The van der Waals surface area contributed by atoms with E-state index >= 15 is 0 Å². The molecule has 2 N–H and O–H groups in total. The van der Waals surface area contributed by atoms with Gasteiger partial charge in [0.2, 0.25) is 0 Å². The molecule has 2 heterocycles. The largest absolute Gasteiger partial charge is 0.345 e. The van der Waals surface area contributed by atoms with Gasteiger partial charge in [0.25, 0.3) is 0 Å². The van der Waals surface area contributed by atoms with Crippen LogP contribution in [0.25, 0.3) is 0 Å². The number of fused-ring (bicyclic) bond motifs is 1. The zero-order chi connectivity index (χ0) is 18.5. The van der Waals surface area contributed by atoms with E-state index in [-0.39, 0.29) is 17.8 Å². The zero-order valence-electron chi connectivity index (χ0n) is 15.2. The second kappa shape index (κ2) is 8.44. The molecule has 26 heavy (non-hydrogen) atoms. The van der Waals surface area contributed by atoms with E-state index in [4.69, 9.17) is 0 Å². The van der Waals surface area contributed by atoms with Crippen molar-refractivity contribution in [3.8, 4) is 0 Å². The lowest BCUT2D eigenvalue weighted by Crippen LogP contribution is -2.38. The molecule has 0 fully saturated rings. The molecule has 0 aliphatic carbocycles. The van der Waals surface area contributed by atoms with Crippen molar-refractivity contribution < 1.29 is 4.79 Å². The van der Waals surface area contributed by atoms with Gasteiger partial charge >= 0.3 is 11.7 Å². The number of carbonyl (C=O) groups excluding carboxylic acids is 1. The highest BCUT2D eigenvalue weighted by Gasteiger charge is 2.21. The summed E-state index contributed by atoms with van der Waals surface area (Å²) in [6.45, 7) is 3.27. The van der Waals surface area contributed by atoms with Crippen molar-refractivity contribution in [2.45, 2.75) is 56.6 Å². The minimum Gasteiger partial charge on any atom is -0.335 e. The van der Waals surface area contributed by atoms with Crippen molar-refractivity contribution in [3.63, 3.8) is 0 Å². The van der Waals surface area contributed by atoms with Gasteiger partial charge in [0, 0.05) is 36.1 Å². The van der Waals surface area contributed by atoms with E-state index in [1.165, 1.54) is 0 Å². The molecule has 2 aromatic rings. The standard InChI is InChI=1S/C18H25N5O2S/c1-3-10-23-18(25)22-11-9-13(7-8-16(22)21-23)19-17(24)20-14-5-4-6-15(12-14)26-2/h4-6,12-13H,3,7-11H2,1-2H3,(H2,19,20,24). The molecule has 1 aliphatic heterocycles. The minimum absolute atomic E-state index is 0.0273. The molecule has 0 spiro atoms. The van der Waals surface area contributed by atoms with Gasteiger partial charge in [0.1, 0.15) is 5.82 Å². The summed E-state index contributed by atoms with van der Waals surface area (Å²) < 4.78 is 3.30. The molecule has 1 aliphatic rings. The van der Waals surface area contributed by atoms with E-state index in [1.54, 1.807) is 21.0 Å². The van der Waals surface area contributed by atoms with Crippen molar-refractivity contribution in [1.29, 1.82) is 0 Å². The fourth-order valence-electron chi connectivity index (χ4n) is 3.18. The Balaban J connectivity index is 1.58. The topological polar surface area (TPSA) is 81.0 Å². The normalized spacial score (nSPS) is 16.6. The van der Waals surface area contributed by atoms with Crippen LogP contribution in [0, 0.1) is 0 Å². The average molecular weight is 375 g/mol. The number of nitrogens with one attached hydrogen (secondary N) is 2. The number of aromatic nitrogens is 3. The van der Waals surface area contributed by atoms with Crippen LogP contribution in [0.15, 0.2) is 34.0 Å². The Morgan fingerprint density at radius 3 is 3.00 bits per heavy atom. The van der Waals surface area contributed by atoms with Crippen LogP contribution in [0.4, 0.5) is 10.5 Å². The highest BCUT2D eigenvalue weighted by molar-refractivity contribution is 7.98. The fraction of sp³-hybridized carbons (Fsp3) is 0.500. The van der Waals surface area contributed by atoms with E-state index in [9.17, 15) is 9.59 Å². The highest BCUT2D eigenvalue weighted by atomic mass is 32.2. The molecule has 2 amide bonds. The summed E-state index contributed by atoms with van der Waals surface area (Å²) in [5.41, 5.74) is 0.735. The molecule has 1 atom stereocenters. The molecule has 8 heteroatoms. The van der Waals surface area contributed by atoms with Crippen LogP contribution in [0.1, 0.15) is 32.0 Å². The maximum absolute atomic E-state index is 12.3. The highest BCUT2D eigenvalue weighted by Crippen LogP contribution is 2.19. The summed E-state index contributed by atoms with van der Waals surface area (Å²) in [6.07, 6.45) is 5.09. The third kappa shape index (κ3) is 4.30. The number of nitrogens with zero attached hydrogens (tertiary/aromatic N) is 3. The second-order valence-electron chi connectivity index (χ2n) is 6.43. The molecule has 1 aromatic carbocycles. The van der Waals surface area contributed by atoms with Gasteiger partial charge in [-0.3, -0.25) is 4.57 Å². The summed E-state index contributed by atoms with van der Waals surface area (Å²) in [5, 5.41) is 10.3. The molecule has 0 saturated heterocycles. The lowest BCUT2D eigenvalue weighted by molar-refractivity contribution is 0.247. The van der Waals surface area contributed by atoms with E-state index in [0.717, 1.165) is 35.7 Å². The van der Waals surface area contributed by atoms with Crippen LogP contribution in [0.3, 0.4) is 0 Å². The van der Waals surface area contributed by atoms with E-state index in [2.05, 4.69) is 15.7 Å². The minimum atomic E-state index is -0.212. The molecule has 0 radical (unpaired) electrons. The fourth-order valence-corrected chi connectivity index (χ4v) is 3.64. The number of hydrogen-bond acceptors (Lipinski definition) is 4. The number of urea groups is 1. The van der Waals surface area contributed by atoms with Gasteiger partial charge in [-0.15, -0.1) is 11.8 Å². The first-order valence-electron chi connectivity index (χ1n) is 8.98. The predicted molar refractivity (Wildman–Crippen MR) is 104 cm³/mol. The number of amides is 2. The third-order valence-corrected chi connectivity index (χ3v) is 5.24. The van der Waals surface area contributed by atoms with E-state index in [1.807, 2.05) is 37.4 Å². The summed E-state index contributed by atoms with van der Waals surface area (Å²) >= 11 is 1.64. The van der Waals surface area contributed by atoms with Crippen molar-refractivity contribution in [2.75, 3.05) is 11.6 Å². The number of benzene rings is 1. The quantitative estimate of drug-likeness (QED) is 0.788. The number of thioether (sulfide) groups is 1. The van der Waals surface area contributed by atoms with Gasteiger partial charge in [-0.05, 0) is 43.7 Å². The van der Waals surface area contributed by atoms with E-state index in [0.29, 0.717) is 19.5 Å². The van der Waals surface area contributed by atoms with Crippen LogP contribution in [-0.4, -0.2) is 32.7 Å². The molecule has 3 rings (SSSR count). The third-order valence-electron chi connectivity index (χ3n) is 4.52. The number of carbonyl (C=O) groups is 1. The first-order valence-corrected chi connectivity index (χ1v) is 10.2. The molecular formula is C18H25N5O2S. The van der Waals surface area contributed by atoms with Crippen LogP contribution in [-0.2, 0) is 19.5 Å². The number of aryl methyl sites for hydroxylation is 2. The maximum atomic E-state index is 12.3. The smallest absolute Gasteiger partial charge is 0.335 e. The van der Waals surface area contributed by atoms with Crippen LogP contribution >= 0.6 is 11.8 Å². The molecule has 140 valence electrons. The first-order chi connectivity index (χ1) is 12.6. The van der Waals surface area contributed by atoms with Crippen molar-refractivity contribution >= 4 is 23.5 Å². The maximum Gasteiger partial charge on any atom is 0.345 e.